The highest BCUT2D eigenvalue weighted by atomic mass is 32.2. The maximum absolute atomic E-state index is 12.9. The number of thiazole rings is 1. The first-order valence-electron chi connectivity index (χ1n) is 10.4. The van der Waals surface area contributed by atoms with Crippen molar-refractivity contribution in [1.29, 1.82) is 0 Å². The van der Waals surface area contributed by atoms with Gasteiger partial charge in [-0.2, -0.15) is 9.30 Å². The van der Waals surface area contributed by atoms with Gasteiger partial charge in [0.2, 0.25) is 10.0 Å². The number of amides is 1. The summed E-state index contributed by atoms with van der Waals surface area (Å²) in [4.78, 5) is 29.5. The average molecular weight is 516 g/mol. The molecule has 1 amide bonds. The van der Waals surface area contributed by atoms with E-state index in [1.165, 1.54) is 66.3 Å². The van der Waals surface area contributed by atoms with E-state index in [0.717, 1.165) is 4.70 Å². The summed E-state index contributed by atoms with van der Waals surface area (Å²) in [5.74, 6) is -0.579. The fourth-order valence-electron chi connectivity index (χ4n) is 3.32. The second kappa shape index (κ2) is 11.3. The maximum atomic E-state index is 12.9. The first-order valence-corrected chi connectivity index (χ1v) is 12.7. The molecule has 0 N–H and O–H groups in total. The summed E-state index contributed by atoms with van der Waals surface area (Å²) in [6.45, 7) is 7.26. The number of benzene rings is 2. The van der Waals surface area contributed by atoms with Crippen LogP contribution >= 0.6 is 11.3 Å². The lowest BCUT2D eigenvalue weighted by Crippen LogP contribution is -2.31. The van der Waals surface area contributed by atoms with Crippen LogP contribution in [0.2, 0.25) is 0 Å². The van der Waals surface area contributed by atoms with Gasteiger partial charge < -0.3 is 14.0 Å². The molecule has 0 fully saturated rings. The van der Waals surface area contributed by atoms with Crippen LogP contribution in [0.15, 0.2) is 77.7 Å². The van der Waals surface area contributed by atoms with Gasteiger partial charge in [0.15, 0.2) is 4.80 Å². The van der Waals surface area contributed by atoms with Crippen molar-refractivity contribution in [1.82, 2.24) is 8.87 Å². The van der Waals surface area contributed by atoms with Crippen LogP contribution in [0, 0.1) is 0 Å². The number of hydrogen-bond donors (Lipinski definition) is 0. The molecule has 0 saturated heterocycles. The third-order valence-electron chi connectivity index (χ3n) is 5.00. The molecule has 0 bridgehead atoms. The van der Waals surface area contributed by atoms with Gasteiger partial charge >= 0.3 is 5.97 Å². The van der Waals surface area contributed by atoms with Crippen LogP contribution in [-0.2, 0) is 26.1 Å². The summed E-state index contributed by atoms with van der Waals surface area (Å²) >= 11 is 1.22. The molecule has 0 aliphatic heterocycles. The van der Waals surface area contributed by atoms with Gasteiger partial charge in [0.1, 0.15) is 17.8 Å². The van der Waals surface area contributed by atoms with Crippen molar-refractivity contribution >= 4 is 43.5 Å². The number of nitrogens with zero attached hydrogens (tertiary/aromatic N) is 3. The van der Waals surface area contributed by atoms with E-state index in [1.54, 1.807) is 16.7 Å². The van der Waals surface area contributed by atoms with Gasteiger partial charge in [-0.15, -0.1) is 13.2 Å². The summed E-state index contributed by atoms with van der Waals surface area (Å²) in [6.07, 6.45) is 2.97. The first-order chi connectivity index (χ1) is 16.8. The Labute approximate surface area is 207 Å². The Kier molecular flexibility index (Phi) is 8.39. The molecule has 0 saturated carbocycles. The number of rotatable bonds is 10. The summed E-state index contributed by atoms with van der Waals surface area (Å²) in [6, 6.07) is 10.9. The molecule has 1 aromatic heterocycles. The third-order valence-corrected chi connectivity index (χ3v) is 7.89. The molecule has 3 aromatic rings. The molecule has 0 radical (unpaired) electrons. The second-order valence-corrected chi connectivity index (χ2v) is 10.1. The smallest absolute Gasteiger partial charge is 0.325 e. The van der Waals surface area contributed by atoms with E-state index in [2.05, 4.69) is 18.2 Å². The van der Waals surface area contributed by atoms with Crippen LogP contribution in [0.5, 0.6) is 5.75 Å². The van der Waals surface area contributed by atoms with Gasteiger partial charge in [0.05, 0.1) is 23.8 Å². The number of carbonyl (C=O) groups is 2. The van der Waals surface area contributed by atoms with Gasteiger partial charge in [-0.3, -0.25) is 9.59 Å². The molecule has 0 atom stereocenters. The Morgan fingerprint density at radius 3 is 2.31 bits per heavy atom. The Bertz CT molecular complexity index is 1430. The lowest BCUT2D eigenvalue weighted by molar-refractivity contribution is -0.141. The molecule has 9 nitrogen and oxygen atoms in total. The lowest BCUT2D eigenvalue weighted by Gasteiger charge is -2.19. The van der Waals surface area contributed by atoms with E-state index in [-0.39, 0.29) is 34.9 Å². The number of ether oxygens (including phenoxy) is 2. The minimum atomic E-state index is -3.79. The number of carbonyl (C=O) groups excluding carboxylic acids is 2. The number of esters is 1. The van der Waals surface area contributed by atoms with Crippen LogP contribution < -0.4 is 9.54 Å². The van der Waals surface area contributed by atoms with Crippen LogP contribution in [-0.4, -0.2) is 56.5 Å². The molecule has 11 heteroatoms. The van der Waals surface area contributed by atoms with Crippen molar-refractivity contribution in [3.63, 3.8) is 0 Å². The number of fused-ring (bicyclic) bond motifs is 1. The van der Waals surface area contributed by atoms with E-state index in [4.69, 9.17) is 9.47 Å². The van der Waals surface area contributed by atoms with Crippen LogP contribution in [0.3, 0.4) is 0 Å². The highest BCUT2D eigenvalue weighted by Gasteiger charge is 2.23. The Morgan fingerprint density at radius 2 is 1.74 bits per heavy atom. The Morgan fingerprint density at radius 1 is 1.09 bits per heavy atom. The monoisotopic (exact) mass is 515 g/mol. The molecular formula is C24H25N3O6S2. The second-order valence-electron chi connectivity index (χ2n) is 7.19. The molecule has 184 valence electrons. The molecular weight excluding hydrogens is 490 g/mol. The molecule has 0 spiro atoms. The quantitative estimate of drug-likeness (QED) is 0.304. The predicted molar refractivity (Wildman–Crippen MR) is 134 cm³/mol. The lowest BCUT2D eigenvalue weighted by atomic mass is 10.2. The predicted octanol–water partition coefficient (Wildman–Crippen LogP) is 2.99. The molecule has 0 unspecified atom stereocenters. The fourth-order valence-corrected chi connectivity index (χ4v) is 5.74. The fraction of sp³-hybridized carbons (Fsp3) is 0.208. The number of methoxy groups -OCH3 is 2. The number of sulfonamides is 1. The summed E-state index contributed by atoms with van der Waals surface area (Å²) in [5.41, 5.74) is 0.805. The van der Waals surface area contributed by atoms with Gasteiger partial charge in [0.25, 0.3) is 5.91 Å². The van der Waals surface area contributed by atoms with E-state index in [9.17, 15) is 18.0 Å². The van der Waals surface area contributed by atoms with Crippen LogP contribution in [0.4, 0.5) is 0 Å². The van der Waals surface area contributed by atoms with Crippen LogP contribution in [0.1, 0.15) is 10.4 Å². The maximum Gasteiger partial charge on any atom is 0.325 e. The van der Waals surface area contributed by atoms with E-state index in [1.807, 2.05) is 6.07 Å². The van der Waals surface area contributed by atoms with E-state index < -0.39 is 21.9 Å². The molecule has 0 aliphatic carbocycles. The standard InChI is InChI=1S/C24H25N3O6S2/c1-5-14-26(15-6-2)35(30,31)18-12-10-17(11-13-18)23(29)25-24-27(16-21(28)33-4)22-19(32-3)8-7-9-20(22)34-24/h5-13H,1-2,14-16H2,3-4H3. The normalized spacial score (nSPS) is 12.0. The molecule has 0 aliphatic rings. The SMILES string of the molecule is C=CCN(CC=C)S(=O)(=O)c1ccc(C(=O)N=c2sc3cccc(OC)c3n2CC(=O)OC)cc1. The van der Waals surface area contributed by atoms with Crippen molar-refractivity contribution in [3.05, 3.63) is 78.1 Å². The van der Waals surface area contributed by atoms with Crippen molar-refractivity contribution in [2.45, 2.75) is 11.4 Å². The van der Waals surface area contributed by atoms with Gasteiger partial charge in [-0.05, 0) is 36.4 Å². The number of hydrogen-bond acceptors (Lipinski definition) is 7. The largest absolute Gasteiger partial charge is 0.495 e. The average Bonchev–Trinajstić information content (AvgIpc) is 3.20. The van der Waals surface area contributed by atoms with Gasteiger partial charge in [-0.25, -0.2) is 8.42 Å². The summed E-state index contributed by atoms with van der Waals surface area (Å²) < 4.78 is 39.5. The molecule has 3 rings (SSSR count). The van der Waals surface area contributed by atoms with Crippen molar-refractivity contribution in [2.75, 3.05) is 27.3 Å². The summed E-state index contributed by atoms with van der Waals surface area (Å²) in [5, 5.41) is 0. The topological polar surface area (TPSA) is 107 Å². The molecule has 1 heterocycles. The van der Waals surface area contributed by atoms with Gasteiger partial charge in [0, 0.05) is 18.7 Å². The minimum absolute atomic E-state index is 0.0325. The number of aromatic nitrogens is 1. The van der Waals surface area contributed by atoms with Crippen molar-refractivity contribution < 1.29 is 27.5 Å². The zero-order valence-electron chi connectivity index (χ0n) is 19.3. The Balaban J connectivity index is 2.02. The van der Waals surface area contributed by atoms with E-state index in [0.29, 0.717) is 11.3 Å². The van der Waals surface area contributed by atoms with Crippen molar-refractivity contribution in [3.8, 4) is 5.75 Å². The zero-order chi connectivity index (χ0) is 25.6. The summed E-state index contributed by atoms with van der Waals surface area (Å²) in [7, 11) is -1.01. The molecule has 35 heavy (non-hydrogen) atoms. The first kappa shape index (κ1) is 26.1. The Hall–Kier alpha value is -3.54. The van der Waals surface area contributed by atoms with Crippen LogP contribution in [0.25, 0.3) is 10.2 Å². The minimum Gasteiger partial charge on any atom is -0.495 e. The number of para-hydroxylation sites is 1. The van der Waals surface area contributed by atoms with E-state index >= 15 is 0 Å². The highest BCUT2D eigenvalue weighted by Crippen LogP contribution is 2.27. The van der Waals surface area contributed by atoms with Crippen molar-refractivity contribution in [2.24, 2.45) is 4.99 Å². The van der Waals surface area contributed by atoms with Gasteiger partial charge in [-0.1, -0.05) is 29.6 Å². The molecule has 2 aromatic carbocycles. The highest BCUT2D eigenvalue weighted by molar-refractivity contribution is 7.89. The third kappa shape index (κ3) is 5.59. The zero-order valence-corrected chi connectivity index (χ0v) is 21.0.